The van der Waals surface area contributed by atoms with Crippen molar-refractivity contribution in [1.82, 2.24) is 5.32 Å². The molecule has 0 bridgehead atoms. The zero-order chi connectivity index (χ0) is 14.6. The van der Waals surface area contributed by atoms with Crippen LogP contribution in [0.4, 0.5) is 5.69 Å². The summed E-state index contributed by atoms with van der Waals surface area (Å²) >= 11 is 3.52. The molecule has 0 aliphatic carbocycles. The monoisotopic (exact) mass is 340 g/mol. The van der Waals surface area contributed by atoms with Crippen LogP contribution in [0, 0.1) is 0 Å². The molecule has 5 heteroatoms. The van der Waals surface area contributed by atoms with Crippen molar-refractivity contribution in [3.63, 3.8) is 0 Å². The second-order valence-electron chi connectivity index (χ2n) is 5.42. The third-order valence-corrected chi connectivity index (χ3v) is 4.80. The molecule has 1 aliphatic heterocycles. The number of anilines is 1. The highest BCUT2D eigenvalue weighted by atomic mass is 79.9. The van der Waals surface area contributed by atoms with Gasteiger partial charge in [-0.2, -0.15) is 0 Å². The average Bonchev–Trinajstić information content (AvgIpc) is 2.48. The Balaban J connectivity index is 2.06. The van der Waals surface area contributed by atoms with Gasteiger partial charge in [-0.05, 0) is 37.1 Å². The summed E-state index contributed by atoms with van der Waals surface area (Å²) in [6, 6.07) is 7.65. The Morgan fingerprint density at radius 2 is 1.90 bits per heavy atom. The Hall–Kier alpha value is -1.07. The molecule has 1 aliphatic rings. The highest BCUT2D eigenvalue weighted by Crippen LogP contribution is 2.24. The quantitative estimate of drug-likeness (QED) is 0.856. The molecule has 1 saturated heterocycles. The third-order valence-electron chi connectivity index (χ3n) is 3.73. The lowest BCUT2D eigenvalue weighted by Crippen LogP contribution is -2.53. The summed E-state index contributed by atoms with van der Waals surface area (Å²) in [5.41, 5.74) is 1.60. The number of ether oxygens (including phenoxy) is 1. The summed E-state index contributed by atoms with van der Waals surface area (Å²) in [6.07, 6.45) is 1.69. The first kappa shape index (κ1) is 15.3. The summed E-state index contributed by atoms with van der Waals surface area (Å²) < 4.78 is 5.38. The summed E-state index contributed by atoms with van der Waals surface area (Å²) in [4.78, 5) is 14.4. The van der Waals surface area contributed by atoms with Gasteiger partial charge in [0.2, 0.25) is 0 Å². The molecule has 0 saturated carbocycles. The number of halogens is 1. The van der Waals surface area contributed by atoms with Gasteiger partial charge in [-0.25, -0.2) is 0 Å². The van der Waals surface area contributed by atoms with Crippen LogP contribution in [0.15, 0.2) is 24.3 Å². The first-order valence-corrected chi connectivity index (χ1v) is 7.92. The average molecular weight is 341 g/mol. The van der Waals surface area contributed by atoms with Crippen LogP contribution in [-0.4, -0.2) is 44.1 Å². The number of amides is 1. The number of benzene rings is 1. The highest BCUT2D eigenvalue weighted by molar-refractivity contribution is 9.09. The van der Waals surface area contributed by atoms with Crippen molar-refractivity contribution in [2.45, 2.75) is 18.4 Å². The molecular formula is C15H21BrN2O2. The topological polar surface area (TPSA) is 41.6 Å². The Bertz CT molecular complexity index is 453. The van der Waals surface area contributed by atoms with Crippen LogP contribution in [0.3, 0.4) is 0 Å². The molecule has 1 N–H and O–H groups in total. The van der Waals surface area contributed by atoms with Crippen molar-refractivity contribution in [3.05, 3.63) is 29.8 Å². The van der Waals surface area contributed by atoms with Gasteiger partial charge in [0.15, 0.2) is 0 Å². The second-order valence-corrected chi connectivity index (χ2v) is 5.98. The second kappa shape index (κ2) is 6.59. The van der Waals surface area contributed by atoms with Crippen molar-refractivity contribution in [1.29, 1.82) is 0 Å². The molecule has 110 valence electrons. The zero-order valence-electron chi connectivity index (χ0n) is 12.0. The lowest BCUT2D eigenvalue weighted by molar-refractivity contribution is 0.0442. The molecule has 1 fully saturated rings. The van der Waals surface area contributed by atoms with Crippen LogP contribution in [0.2, 0.25) is 0 Å². The van der Waals surface area contributed by atoms with E-state index in [1.54, 1.807) is 0 Å². The number of hydrogen-bond donors (Lipinski definition) is 1. The minimum absolute atomic E-state index is 0.0170. The van der Waals surface area contributed by atoms with Gasteiger partial charge in [-0.3, -0.25) is 4.79 Å². The zero-order valence-corrected chi connectivity index (χ0v) is 13.6. The summed E-state index contributed by atoms with van der Waals surface area (Å²) in [5.74, 6) is -0.0170. The third kappa shape index (κ3) is 3.52. The number of hydrogen-bond acceptors (Lipinski definition) is 3. The van der Waals surface area contributed by atoms with Crippen molar-refractivity contribution in [3.8, 4) is 0 Å². The van der Waals surface area contributed by atoms with E-state index in [-0.39, 0.29) is 11.4 Å². The number of carbonyl (C=O) groups is 1. The standard InChI is InChI=1S/C15H21BrN2O2/c1-18(2)13-5-3-12(4-6-13)14(19)17-15(11-16)7-9-20-10-8-15/h3-6H,7-11H2,1-2H3,(H,17,19). The Kier molecular flexibility index (Phi) is 5.05. The molecule has 20 heavy (non-hydrogen) atoms. The number of nitrogens with zero attached hydrogens (tertiary/aromatic N) is 1. The molecule has 1 aromatic carbocycles. The lowest BCUT2D eigenvalue weighted by Gasteiger charge is -2.36. The lowest BCUT2D eigenvalue weighted by atomic mass is 9.92. The molecule has 0 aromatic heterocycles. The molecule has 0 spiro atoms. The fraction of sp³-hybridized carbons (Fsp3) is 0.533. The van der Waals surface area contributed by atoms with Gasteiger partial charge in [-0.15, -0.1) is 0 Å². The molecule has 1 amide bonds. The van der Waals surface area contributed by atoms with E-state index in [2.05, 4.69) is 21.2 Å². The van der Waals surface area contributed by atoms with Crippen molar-refractivity contribution < 1.29 is 9.53 Å². The van der Waals surface area contributed by atoms with Crippen LogP contribution >= 0.6 is 15.9 Å². The van der Waals surface area contributed by atoms with E-state index < -0.39 is 0 Å². The van der Waals surface area contributed by atoms with E-state index in [1.807, 2.05) is 43.3 Å². The first-order chi connectivity index (χ1) is 9.56. The maximum Gasteiger partial charge on any atom is 0.251 e. The Morgan fingerprint density at radius 3 is 2.40 bits per heavy atom. The molecule has 1 heterocycles. The van der Waals surface area contributed by atoms with E-state index in [9.17, 15) is 4.79 Å². The Labute approximate surface area is 128 Å². The number of rotatable bonds is 4. The van der Waals surface area contributed by atoms with Crippen LogP contribution < -0.4 is 10.2 Å². The van der Waals surface area contributed by atoms with Gasteiger partial charge in [0, 0.05) is 43.9 Å². The molecule has 1 aromatic rings. The van der Waals surface area contributed by atoms with E-state index in [0.29, 0.717) is 18.8 Å². The predicted octanol–water partition coefficient (Wildman–Crippen LogP) is 2.43. The van der Waals surface area contributed by atoms with Crippen molar-refractivity contribution >= 4 is 27.5 Å². The normalized spacial score (nSPS) is 17.6. The molecular weight excluding hydrogens is 320 g/mol. The van der Waals surface area contributed by atoms with Crippen molar-refractivity contribution in [2.24, 2.45) is 0 Å². The van der Waals surface area contributed by atoms with Gasteiger partial charge in [0.05, 0.1) is 5.54 Å². The van der Waals surface area contributed by atoms with Crippen LogP contribution in [0.1, 0.15) is 23.2 Å². The smallest absolute Gasteiger partial charge is 0.251 e. The molecule has 0 atom stereocenters. The van der Waals surface area contributed by atoms with Crippen LogP contribution in [0.5, 0.6) is 0 Å². The van der Waals surface area contributed by atoms with Gasteiger partial charge in [0.25, 0.3) is 5.91 Å². The van der Waals surface area contributed by atoms with Crippen LogP contribution in [0.25, 0.3) is 0 Å². The van der Waals surface area contributed by atoms with Crippen LogP contribution in [-0.2, 0) is 4.74 Å². The number of alkyl halides is 1. The van der Waals surface area contributed by atoms with Gasteiger partial charge in [-0.1, -0.05) is 15.9 Å². The van der Waals surface area contributed by atoms with Gasteiger partial charge < -0.3 is 15.0 Å². The number of nitrogens with one attached hydrogen (secondary N) is 1. The van der Waals surface area contributed by atoms with Gasteiger partial charge >= 0.3 is 0 Å². The predicted molar refractivity (Wildman–Crippen MR) is 84.8 cm³/mol. The SMILES string of the molecule is CN(C)c1ccc(C(=O)NC2(CBr)CCOCC2)cc1. The van der Waals surface area contributed by atoms with E-state index in [4.69, 9.17) is 4.74 Å². The minimum atomic E-state index is -0.185. The molecule has 0 unspecified atom stereocenters. The largest absolute Gasteiger partial charge is 0.381 e. The molecule has 2 rings (SSSR count). The summed E-state index contributed by atoms with van der Waals surface area (Å²) in [6.45, 7) is 1.40. The minimum Gasteiger partial charge on any atom is -0.381 e. The maximum absolute atomic E-state index is 12.4. The van der Waals surface area contributed by atoms with E-state index in [0.717, 1.165) is 23.9 Å². The number of carbonyl (C=O) groups excluding carboxylic acids is 1. The fourth-order valence-corrected chi connectivity index (χ4v) is 2.98. The molecule has 4 nitrogen and oxygen atoms in total. The fourth-order valence-electron chi connectivity index (χ4n) is 2.28. The summed E-state index contributed by atoms with van der Waals surface area (Å²) in [5, 5.41) is 3.92. The van der Waals surface area contributed by atoms with E-state index in [1.165, 1.54) is 0 Å². The molecule has 0 radical (unpaired) electrons. The van der Waals surface area contributed by atoms with Crippen molar-refractivity contribution in [2.75, 3.05) is 37.5 Å². The van der Waals surface area contributed by atoms with Gasteiger partial charge in [0.1, 0.15) is 0 Å². The van der Waals surface area contributed by atoms with E-state index >= 15 is 0 Å². The first-order valence-electron chi connectivity index (χ1n) is 6.80. The highest BCUT2D eigenvalue weighted by Gasteiger charge is 2.33. The summed E-state index contributed by atoms with van der Waals surface area (Å²) in [7, 11) is 3.97. The Morgan fingerprint density at radius 1 is 1.30 bits per heavy atom. The maximum atomic E-state index is 12.4.